The van der Waals surface area contributed by atoms with Crippen LogP contribution in [0.3, 0.4) is 0 Å². The van der Waals surface area contributed by atoms with Gasteiger partial charge in [0.15, 0.2) is 0 Å². The number of alkyl halides is 2. The first kappa shape index (κ1) is 10.8. The number of hydrogen-bond acceptors (Lipinski definition) is 2. The molecular formula is C7H16F2N2. The summed E-state index contributed by atoms with van der Waals surface area (Å²) in [6.07, 6.45) is -1.30. The topological polar surface area (TPSA) is 15.3 Å². The molecule has 2 nitrogen and oxygen atoms in total. The van der Waals surface area contributed by atoms with Crippen LogP contribution in [-0.2, 0) is 0 Å². The molecular weight excluding hydrogens is 150 g/mol. The fourth-order valence-corrected chi connectivity index (χ4v) is 0.853. The summed E-state index contributed by atoms with van der Waals surface area (Å²) < 4.78 is 23.5. The van der Waals surface area contributed by atoms with E-state index >= 15 is 0 Å². The molecule has 68 valence electrons. The van der Waals surface area contributed by atoms with E-state index in [1.165, 1.54) is 0 Å². The summed E-state index contributed by atoms with van der Waals surface area (Å²) in [6.45, 7) is 1.49. The van der Waals surface area contributed by atoms with Crippen LogP contribution in [0.15, 0.2) is 0 Å². The SMILES string of the molecule is CNCCCN(C)CC(F)F. The Morgan fingerprint density at radius 3 is 2.55 bits per heavy atom. The van der Waals surface area contributed by atoms with Crippen LogP contribution in [0.4, 0.5) is 8.78 Å². The Kier molecular flexibility index (Phi) is 6.36. The Labute approximate surface area is 66.6 Å². The number of nitrogens with one attached hydrogen (secondary N) is 1. The maximum atomic E-state index is 11.7. The van der Waals surface area contributed by atoms with E-state index in [4.69, 9.17) is 0 Å². The Hall–Kier alpha value is -0.220. The molecule has 0 atom stereocenters. The lowest BCUT2D eigenvalue weighted by molar-refractivity contribution is 0.0999. The molecule has 0 heterocycles. The van der Waals surface area contributed by atoms with Crippen LogP contribution in [0.2, 0.25) is 0 Å². The summed E-state index contributed by atoms with van der Waals surface area (Å²) in [5.74, 6) is 0. The third kappa shape index (κ3) is 7.68. The van der Waals surface area contributed by atoms with Crippen LogP contribution in [0.5, 0.6) is 0 Å². The molecule has 4 heteroatoms. The summed E-state index contributed by atoms with van der Waals surface area (Å²) in [5, 5.41) is 2.96. The minimum atomic E-state index is -2.21. The molecule has 0 saturated carbocycles. The van der Waals surface area contributed by atoms with E-state index in [0.29, 0.717) is 0 Å². The number of rotatable bonds is 6. The molecule has 0 aliphatic carbocycles. The van der Waals surface area contributed by atoms with E-state index in [-0.39, 0.29) is 6.54 Å². The molecule has 0 saturated heterocycles. The molecule has 0 aliphatic rings. The Morgan fingerprint density at radius 1 is 1.45 bits per heavy atom. The lowest BCUT2D eigenvalue weighted by Gasteiger charge is -2.14. The lowest BCUT2D eigenvalue weighted by Crippen LogP contribution is -2.27. The smallest absolute Gasteiger partial charge is 0.251 e. The van der Waals surface area contributed by atoms with Crippen molar-refractivity contribution >= 4 is 0 Å². The van der Waals surface area contributed by atoms with Gasteiger partial charge in [-0.1, -0.05) is 0 Å². The monoisotopic (exact) mass is 166 g/mol. The average Bonchev–Trinajstić information content (AvgIpc) is 1.86. The van der Waals surface area contributed by atoms with Crippen molar-refractivity contribution in [2.75, 3.05) is 33.7 Å². The van der Waals surface area contributed by atoms with E-state index in [1.807, 2.05) is 7.05 Å². The van der Waals surface area contributed by atoms with Gasteiger partial charge >= 0.3 is 0 Å². The van der Waals surface area contributed by atoms with E-state index in [1.54, 1.807) is 11.9 Å². The normalized spacial score (nSPS) is 11.5. The van der Waals surface area contributed by atoms with E-state index in [2.05, 4.69) is 5.32 Å². The van der Waals surface area contributed by atoms with Gasteiger partial charge in [0.25, 0.3) is 6.43 Å². The largest absolute Gasteiger partial charge is 0.320 e. The summed E-state index contributed by atoms with van der Waals surface area (Å²) in [5.41, 5.74) is 0. The number of hydrogen-bond donors (Lipinski definition) is 1. The van der Waals surface area contributed by atoms with Crippen molar-refractivity contribution in [1.29, 1.82) is 0 Å². The quantitative estimate of drug-likeness (QED) is 0.587. The van der Waals surface area contributed by atoms with Gasteiger partial charge in [0.05, 0.1) is 6.54 Å². The highest BCUT2D eigenvalue weighted by molar-refractivity contribution is 4.53. The van der Waals surface area contributed by atoms with E-state index < -0.39 is 6.43 Å². The zero-order chi connectivity index (χ0) is 8.69. The third-order valence-corrected chi connectivity index (χ3v) is 1.42. The average molecular weight is 166 g/mol. The minimum absolute atomic E-state index is 0.121. The molecule has 0 amide bonds. The Bertz CT molecular complexity index is 88.5. The molecule has 0 bridgehead atoms. The maximum absolute atomic E-state index is 11.7. The summed E-state index contributed by atoms with van der Waals surface area (Å²) in [7, 11) is 3.56. The Balaban J connectivity index is 3.15. The Morgan fingerprint density at radius 2 is 2.09 bits per heavy atom. The van der Waals surface area contributed by atoms with Gasteiger partial charge in [-0.3, -0.25) is 0 Å². The van der Waals surface area contributed by atoms with Crippen molar-refractivity contribution in [2.45, 2.75) is 12.8 Å². The lowest BCUT2D eigenvalue weighted by atomic mass is 10.4. The van der Waals surface area contributed by atoms with Crippen molar-refractivity contribution < 1.29 is 8.78 Å². The molecule has 0 spiro atoms. The van der Waals surface area contributed by atoms with Gasteiger partial charge in [-0.2, -0.15) is 0 Å². The third-order valence-electron chi connectivity index (χ3n) is 1.42. The number of halogens is 2. The predicted molar refractivity (Wildman–Crippen MR) is 42.0 cm³/mol. The molecule has 1 N–H and O–H groups in total. The highest BCUT2D eigenvalue weighted by Gasteiger charge is 2.05. The summed E-state index contributed by atoms with van der Waals surface area (Å²) in [4.78, 5) is 1.64. The van der Waals surface area contributed by atoms with Crippen molar-refractivity contribution in [3.05, 3.63) is 0 Å². The second kappa shape index (κ2) is 6.49. The van der Waals surface area contributed by atoms with Crippen LogP contribution < -0.4 is 5.32 Å². The van der Waals surface area contributed by atoms with E-state index in [0.717, 1.165) is 19.5 Å². The maximum Gasteiger partial charge on any atom is 0.251 e. The predicted octanol–water partition coefficient (Wildman–Crippen LogP) is 0.793. The van der Waals surface area contributed by atoms with Gasteiger partial charge in [-0.05, 0) is 33.6 Å². The van der Waals surface area contributed by atoms with Gasteiger partial charge in [-0.15, -0.1) is 0 Å². The molecule has 0 fully saturated rings. The van der Waals surface area contributed by atoms with Crippen LogP contribution in [0.25, 0.3) is 0 Å². The fraction of sp³-hybridized carbons (Fsp3) is 1.00. The van der Waals surface area contributed by atoms with Gasteiger partial charge < -0.3 is 10.2 Å². The molecule has 0 aliphatic heterocycles. The first-order valence-electron chi connectivity index (χ1n) is 3.78. The zero-order valence-electron chi connectivity index (χ0n) is 7.11. The second-order valence-electron chi connectivity index (χ2n) is 2.61. The summed E-state index contributed by atoms with van der Waals surface area (Å²) >= 11 is 0. The fourth-order valence-electron chi connectivity index (χ4n) is 0.853. The first-order valence-corrected chi connectivity index (χ1v) is 3.78. The molecule has 0 aromatic carbocycles. The molecule has 0 aromatic heterocycles. The van der Waals surface area contributed by atoms with Gasteiger partial charge in [0, 0.05) is 0 Å². The van der Waals surface area contributed by atoms with Crippen molar-refractivity contribution in [3.8, 4) is 0 Å². The van der Waals surface area contributed by atoms with Crippen molar-refractivity contribution in [1.82, 2.24) is 10.2 Å². The van der Waals surface area contributed by atoms with Crippen LogP contribution in [-0.4, -0.2) is 45.1 Å². The van der Waals surface area contributed by atoms with Crippen molar-refractivity contribution in [3.63, 3.8) is 0 Å². The van der Waals surface area contributed by atoms with E-state index in [9.17, 15) is 8.78 Å². The van der Waals surface area contributed by atoms with Gasteiger partial charge in [0.1, 0.15) is 0 Å². The summed E-state index contributed by atoms with van der Waals surface area (Å²) in [6, 6.07) is 0. The molecule has 0 unspecified atom stereocenters. The van der Waals surface area contributed by atoms with Gasteiger partial charge in [0.2, 0.25) is 0 Å². The zero-order valence-corrected chi connectivity index (χ0v) is 7.11. The van der Waals surface area contributed by atoms with Crippen LogP contribution in [0, 0.1) is 0 Å². The highest BCUT2D eigenvalue weighted by Crippen LogP contribution is 1.95. The molecule has 11 heavy (non-hydrogen) atoms. The second-order valence-corrected chi connectivity index (χ2v) is 2.61. The molecule has 0 rings (SSSR count). The molecule has 0 radical (unpaired) electrons. The minimum Gasteiger partial charge on any atom is -0.320 e. The number of nitrogens with zero attached hydrogens (tertiary/aromatic N) is 1. The molecule has 0 aromatic rings. The first-order chi connectivity index (χ1) is 5.16. The van der Waals surface area contributed by atoms with Crippen LogP contribution in [0.1, 0.15) is 6.42 Å². The van der Waals surface area contributed by atoms with Crippen LogP contribution >= 0.6 is 0 Å². The standard InChI is InChI=1S/C7H16F2N2/c1-10-4-3-5-11(2)6-7(8)9/h7,10H,3-6H2,1-2H3. The van der Waals surface area contributed by atoms with Gasteiger partial charge in [-0.25, -0.2) is 8.78 Å². The highest BCUT2D eigenvalue weighted by atomic mass is 19.3. The van der Waals surface area contributed by atoms with Crippen molar-refractivity contribution in [2.24, 2.45) is 0 Å².